The normalized spacial score (nSPS) is 10.4. The first-order valence-electron chi connectivity index (χ1n) is 5.03. The standard InChI is InChI=1S/C11H10Cl2N4O/c1-17-10(8(14)5-15-17)11(18)16-9-4-6(12)2-3-7(9)13/h2-5H,14H2,1H3,(H,16,18). The van der Waals surface area contributed by atoms with Gasteiger partial charge in [-0.05, 0) is 18.2 Å². The van der Waals surface area contributed by atoms with Gasteiger partial charge >= 0.3 is 0 Å². The number of nitrogen functional groups attached to an aromatic ring is 1. The van der Waals surface area contributed by atoms with Crippen molar-refractivity contribution in [3.63, 3.8) is 0 Å². The number of nitrogens with zero attached hydrogens (tertiary/aromatic N) is 2. The van der Waals surface area contributed by atoms with Gasteiger partial charge in [0.25, 0.3) is 5.91 Å². The molecule has 1 heterocycles. The third-order valence-corrected chi connectivity index (χ3v) is 2.92. The van der Waals surface area contributed by atoms with Crippen molar-refractivity contribution in [2.45, 2.75) is 0 Å². The smallest absolute Gasteiger partial charge is 0.276 e. The molecule has 1 aromatic carbocycles. The van der Waals surface area contributed by atoms with Crippen LogP contribution in [0.1, 0.15) is 10.5 Å². The van der Waals surface area contributed by atoms with Gasteiger partial charge in [-0.15, -0.1) is 0 Å². The van der Waals surface area contributed by atoms with Gasteiger partial charge in [-0.25, -0.2) is 0 Å². The first kappa shape index (κ1) is 12.7. The minimum Gasteiger partial charge on any atom is -0.396 e. The highest BCUT2D eigenvalue weighted by atomic mass is 35.5. The average Bonchev–Trinajstić information content (AvgIpc) is 2.63. The molecule has 1 amide bonds. The summed E-state index contributed by atoms with van der Waals surface area (Å²) in [7, 11) is 1.63. The first-order valence-corrected chi connectivity index (χ1v) is 5.78. The van der Waals surface area contributed by atoms with E-state index in [1.165, 1.54) is 10.9 Å². The molecule has 7 heteroatoms. The number of aryl methyl sites for hydroxylation is 1. The number of hydrogen-bond acceptors (Lipinski definition) is 3. The maximum Gasteiger partial charge on any atom is 0.276 e. The summed E-state index contributed by atoms with van der Waals surface area (Å²) in [6, 6.07) is 4.80. The third kappa shape index (κ3) is 2.42. The monoisotopic (exact) mass is 284 g/mol. The van der Waals surface area contributed by atoms with Crippen LogP contribution in [0.15, 0.2) is 24.4 Å². The number of rotatable bonds is 2. The molecule has 0 aliphatic heterocycles. The van der Waals surface area contributed by atoms with E-state index in [0.717, 1.165) is 0 Å². The van der Waals surface area contributed by atoms with Crippen molar-refractivity contribution < 1.29 is 4.79 Å². The van der Waals surface area contributed by atoms with E-state index in [4.69, 9.17) is 28.9 Å². The van der Waals surface area contributed by atoms with E-state index in [1.807, 2.05) is 0 Å². The van der Waals surface area contributed by atoms with Crippen molar-refractivity contribution in [1.29, 1.82) is 0 Å². The van der Waals surface area contributed by atoms with Crippen molar-refractivity contribution >= 4 is 40.5 Å². The molecule has 0 saturated carbocycles. The number of benzene rings is 1. The van der Waals surface area contributed by atoms with Gasteiger partial charge in [0.1, 0.15) is 5.69 Å². The van der Waals surface area contributed by atoms with Gasteiger partial charge in [0.05, 0.1) is 22.6 Å². The second-order valence-corrected chi connectivity index (χ2v) is 4.49. The van der Waals surface area contributed by atoms with E-state index in [2.05, 4.69) is 10.4 Å². The molecule has 1 aromatic heterocycles. The van der Waals surface area contributed by atoms with E-state index in [9.17, 15) is 4.79 Å². The second kappa shape index (κ2) is 4.88. The Morgan fingerprint density at radius 2 is 2.17 bits per heavy atom. The number of nitrogens with two attached hydrogens (primary N) is 1. The Morgan fingerprint density at radius 1 is 1.44 bits per heavy atom. The third-order valence-electron chi connectivity index (χ3n) is 2.36. The van der Waals surface area contributed by atoms with Gasteiger partial charge in [-0.3, -0.25) is 9.48 Å². The van der Waals surface area contributed by atoms with Gasteiger partial charge in [-0.1, -0.05) is 23.2 Å². The van der Waals surface area contributed by atoms with Gasteiger partial charge in [0, 0.05) is 12.1 Å². The van der Waals surface area contributed by atoms with Gasteiger partial charge < -0.3 is 11.1 Å². The molecular weight excluding hydrogens is 275 g/mol. The molecule has 2 aromatic rings. The zero-order valence-electron chi connectivity index (χ0n) is 9.45. The molecule has 3 N–H and O–H groups in total. The Balaban J connectivity index is 2.30. The van der Waals surface area contributed by atoms with Crippen LogP contribution >= 0.6 is 23.2 Å². The van der Waals surface area contributed by atoms with E-state index in [1.54, 1.807) is 25.2 Å². The van der Waals surface area contributed by atoms with E-state index in [-0.39, 0.29) is 5.69 Å². The highest BCUT2D eigenvalue weighted by Gasteiger charge is 2.16. The molecule has 0 fully saturated rings. The summed E-state index contributed by atoms with van der Waals surface area (Å²) >= 11 is 11.8. The predicted molar refractivity (Wildman–Crippen MR) is 72.0 cm³/mol. The molecule has 0 spiro atoms. The van der Waals surface area contributed by atoms with Crippen LogP contribution in [0.25, 0.3) is 0 Å². The second-order valence-electron chi connectivity index (χ2n) is 3.65. The minimum atomic E-state index is -0.392. The molecule has 0 aliphatic carbocycles. The van der Waals surface area contributed by atoms with Crippen LogP contribution in [0.3, 0.4) is 0 Å². The summed E-state index contributed by atoms with van der Waals surface area (Å²) in [5, 5.41) is 7.41. The summed E-state index contributed by atoms with van der Waals surface area (Å²) < 4.78 is 1.39. The minimum absolute atomic E-state index is 0.269. The van der Waals surface area contributed by atoms with Crippen molar-refractivity contribution in [3.05, 3.63) is 40.1 Å². The molecule has 0 saturated heterocycles. The maximum atomic E-state index is 12.0. The van der Waals surface area contributed by atoms with E-state index >= 15 is 0 Å². The molecule has 0 atom stereocenters. The number of carbonyl (C=O) groups is 1. The van der Waals surface area contributed by atoms with Gasteiger partial charge in [0.2, 0.25) is 0 Å². The number of hydrogen-bond donors (Lipinski definition) is 2. The van der Waals surface area contributed by atoms with Crippen LogP contribution in [0.4, 0.5) is 11.4 Å². The molecule has 5 nitrogen and oxygen atoms in total. The van der Waals surface area contributed by atoms with Crippen LogP contribution in [0.2, 0.25) is 10.0 Å². The fourth-order valence-electron chi connectivity index (χ4n) is 1.51. The molecule has 18 heavy (non-hydrogen) atoms. The Hall–Kier alpha value is -1.72. The number of halogens is 2. The molecule has 2 rings (SSSR count). The highest BCUT2D eigenvalue weighted by Crippen LogP contribution is 2.26. The number of aromatic nitrogens is 2. The van der Waals surface area contributed by atoms with Crippen LogP contribution in [0.5, 0.6) is 0 Å². The van der Waals surface area contributed by atoms with Crippen LogP contribution in [-0.4, -0.2) is 15.7 Å². The lowest BCUT2D eigenvalue weighted by molar-refractivity contribution is 0.101. The molecule has 0 unspecified atom stereocenters. The summed E-state index contributed by atoms with van der Waals surface area (Å²) in [6.45, 7) is 0. The summed E-state index contributed by atoms with van der Waals surface area (Å²) in [5.74, 6) is -0.392. The Bertz CT molecular complexity index is 590. The van der Waals surface area contributed by atoms with Crippen LogP contribution in [-0.2, 0) is 7.05 Å². The zero-order valence-corrected chi connectivity index (χ0v) is 11.0. The first-order chi connectivity index (χ1) is 8.49. The summed E-state index contributed by atoms with van der Waals surface area (Å²) in [5.41, 5.74) is 6.66. The Morgan fingerprint density at radius 3 is 2.78 bits per heavy atom. The van der Waals surface area contributed by atoms with Crippen molar-refractivity contribution in [2.24, 2.45) is 7.05 Å². The van der Waals surface area contributed by atoms with Crippen LogP contribution in [0, 0.1) is 0 Å². The van der Waals surface area contributed by atoms with E-state index in [0.29, 0.717) is 21.4 Å². The molecule has 94 valence electrons. The van der Waals surface area contributed by atoms with Crippen molar-refractivity contribution in [2.75, 3.05) is 11.1 Å². The number of nitrogens with one attached hydrogen (secondary N) is 1. The van der Waals surface area contributed by atoms with E-state index < -0.39 is 5.91 Å². The van der Waals surface area contributed by atoms with Crippen molar-refractivity contribution in [1.82, 2.24) is 9.78 Å². The fraction of sp³-hybridized carbons (Fsp3) is 0.0909. The van der Waals surface area contributed by atoms with Gasteiger partial charge in [-0.2, -0.15) is 5.10 Å². The molecular formula is C11H10Cl2N4O. The Labute approximate surface area is 113 Å². The molecule has 0 radical (unpaired) electrons. The number of amides is 1. The molecule has 0 aliphatic rings. The SMILES string of the molecule is Cn1ncc(N)c1C(=O)Nc1cc(Cl)ccc1Cl. The lowest BCUT2D eigenvalue weighted by Gasteiger charge is -2.08. The largest absolute Gasteiger partial charge is 0.396 e. The lowest BCUT2D eigenvalue weighted by Crippen LogP contribution is -2.17. The summed E-state index contributed by atoms with van der Waals surface area (Å²) in [6.07, 6.45) is 1.41. The molecule has 0 bridgehead atoms. The topological polar surface area (TPSA) is 72.9 Å². The summed E-state index contributed by atoms with van der Waals surface area (Å²) in [4.78, 5) is 12.0. The quantitative estimate of drug-likeness (QED) is 0.890. The average molecular weight is 285 g/mol. The van der Waals surface area contributed by atoms with Gasteiger partial charge in [0.15, 0.2) is 0 Å². The van der Waals surface area contributed by atoms with Crippen molar-refractivity contribution in [3.8, 4) is 0 Å². The highest BCUT2D eigenvalue weighted by molar-refractivity contribution is 6.35. The Kier molecular flexibility index (Phi) is 3.45. The fourth-order valence-corrected chi connectivity index (χ4v) is 1.84. The lowest BCUT2D eigenvalue weighted by atomic mass is 10.3. The zero-order chi connectivity index (χ0) is 13.3. The number of anilines is 2. The predicted octanol–water partition coefficient (Wildman–Crippen LogP) is 2.56. The van der Waals surface area contributed by atoms with Crippen LogP contribution < -0.4 is 11.1 Å². The maximum absolute atomic E-state index is 12.0. The number of carbonyl (C=O) groups excluding carboxylic acids is 1.